The topological polar surface area (TPSA) is 345 Å². The van der Waals surface area contributed by atoms with Gasteiger partial charge in [0.1, 0.15) is 59.4 Å². The fraction of sp³-hybridized carbons (Fsp3) is 0.527. The van der Waals surface area contributed by atoms with Gasteiger partial charge >= 0.3 is 23.9 Å². The molecule has 0 spiro atoms. The number of ketones is 3. The lowest BCUT2D eigenvalue weighted by Gasteiger charge is -2.44. The number of aliphatic hydroxyl groups excluding tert-OH is 3. The summed E-state index contributed by atoms with van der Waals surface area (Å²) >= 11 is 1.44. The summed E-state index contributed by atoms with van der Waals surface area (Å²) in [7, 11) is -3.82. The molecule has 656 valence electrons. The summed E-state index contributed by atoms with van der Waals surface area (Å²) in [5.74, 6) is -2.48. The SMILES string of the molecule is CC(=O)CCCc1ccc(Cc2cc([C@@H]3O[C@H](S(C)(=O)=O)[C@@H](OC(C)=O)[C@H](OC(C)=O)[C@H]3C)ccc2C)cc1.CS[C@H]1O[C@@H](c2ccc(C)c(Cc3ccc(CCCC(C)=O)cc3)c2)[C@H](C)[C@@H](OC(C)=O)[C@@H]1OC(C)=O.Cc1ccc([C@@H]2O[C@H](S(C)(=O)=O)[C@@H](O)[C@H](O)[C@H]2O)cc1Cc1ccc(CCCC(=O)CC(C)(C)C(=O)NCCN(C)C)cc1. The molecule has 3 aliphatic rings. The molecule has 1 amide bonds. The lowest BCUT2D eigenvalue weighted by molar-refractivity contribution is -0.209. The van der Waals surface area contributed by atoms with Crippen molar-refractivity contribution < 1.29 is 104 Å². The van der Waals surface area contributed by atoms with E-state index in [1.807, 2.05) is 101 Å². The van der Waals surface area contributed by atoms with Crippen LogP contribution in [-0.2, 0) is 130 Å². The van der Waals surface area contributed by atoms with E-state index in [1.165, 1.54) is 67.3 Å². The second kappa shape index (κ2) is 45.2. The van der Waals surface area contributed by atoms with Crippen LogP contribution in [0, 0.1) is 38.0 Å². The van der Waals surface area contributed by atoms with E-state index in [0.29, 0.717) is 50.6 Å². The van der Waals surface area contributed by atoms with Gasteiger partial charge in [-0.3, -0.25) is 28.8 Å². The minimum Gasteiger partial charge on any atom is -0.458 e. The van der Waals surface area contributed by atoms with E-state index in [9.17, 15) is 70.5 Å². The number of Topliss-reactive ketones (excluding diaryl/α,β-unsaturated/α-hetero) is 3. The third-order valence-electron chi connectivity index (χ3n) is 22.0. The van der Waals surface area contributed by atoms with Gasteiger partial charge in [-0.15, -0.1) is 11.8 Å². The van der Waals surface area contributed by atoms with Gasteiger partial charge in [-0.1, -0.05) is 155 Å². The van der Waals surface area contributed by atoms with Crippen LogP contribution in [0.3, 0.4) is 0 Å². The van der Waals surface area contributed by atoms with Crippen LogP contribution in [0.25, 0.3) is 0 Å². The molecule has 3 heterocycles. The molecule has 6 aromatic carbocycles. The van der Waals surface area contributed by atoms with Gasteiger partial charge in [0.2, 0.25) is 5.91 Å². The van der Waals surface area contributed by atoms with E-state index >= 15 is 0 Å². The van der Waals surface area contributed by atoms with Gasteiger partial charge in [0, 0.05) is 90.8 Å². The Morgan fingerprint density at radius 2 is 0.800 bits per heavy atom. The van der Waals surface area contributed by atoms with Crippen LogP contribution in [0.4, 0.5) is 0 Å². The second-order valence-corrected chi connectivity index (χ2v) is 38.5. The lowest BCUT2D eigenvalue weighted by Crippen LogP contribution is -2.56. The number of carbonyl (C=O) groups excluding carboxylic acids is 8. The number of aliphatic hydroxyl groups is 3. The zero-order chi connectivity index (χ0) is 88.8. The summed E-state index contributed by atoms with van der Waals surface area (Å²) in [5.41, 5.74) is 11.2. The van der Waals surface area contributed by atoms with Gasteiger partial charge < -0.3 is 68.3 Å². The molecule has 3 saturated heterocycles. The van der Waals surface area contributed by atoms with Crippen molar-refractivity contribution in [1.82, 2.24) is 10.2 Å². The predicted molar refractivity (Wildman–Crippen MR) is 461 cm³/mol. The Kier molecular flexibility index (Phi) is 37.2. The van der Waals surface area contributed by atoms with E-state index in [4.69, 9.17) is 33.2 Å². The Morgan fingerprint density at radius 1 is 0.458 bits per heavy atom. The maximum Gasteiger partial charge on any atom is 0.303 e. The number of hydrogen-bond acceptors (Lipinski definition) is 24. The van der Waals surface area contributed by atoms with Crippen molar-refractivity contribution in [3.05, 3.63) is 211 Å². The van der Waals surface area contributed by atoms with Crippen molar-refractivity contribution in [1.29, 1.82) is 0 Å². The summed E-state index contributed by atoms with van der Waals surface area (Å²) in [5, 5.41) is 34.0. The number of esters is 4. The minimum atomic E-state index is -3.85. The maximum atomic E-state index is 12.7. The maximum absolute atomic E-state index is 12.7. The number of rotatable bonds is 34. The van der Waals surface area contributed by atoms with Crippen LogP contribution in [-0.4, -0.2) is 189 Å². The Morgan fingerprint density at radius 3 is 1.17 bits per heavy atom. The van der Waals surface area contributed by atoms with Gasteiger partial charge in [0.05, 0.1) is 17.6 Å². The van der Waals surface area contributed by atoms with Crippen LogP contribution in [0.15, 0.2) is 127 Å². The van der Waals surface area contributed by atoms with Crippen molar-refractivity contribution >= 4 is 78.6 Å². The highest BCUT2D eigenvalue weighted by atomic mass is 32.2. The van der Waals surface area contributed by atoms with Gasteiger partial charge in [-0.2, -0.15) is 0 Å². The molecular weight excluding hydrogens is 1590 g/mol. The Bertz CT molecular complexity index is 4720. The van der Waals surface area contributed by atoms with Crippen molar-refractivity contribution in [2.75, 3.05) is 46.0 Å². The molecule has 24 nitrogen and oxygen atoms in total. The molecule has 15 atom stereocenters. The Hall–Kier alpha value is -8.35. The molecule has 9 rings (SSSR count). The van der Waals surface area contributed by atoms with Crippen molar-refractivity contribution in [3.8, 4) is 0 Å². The number of likely N-dealkylation sites (N-methyl/N-ethyl adjacent to an activating group) is 1. The highest BCUT2D eigenvalue weighted by molar-refractivity contribution is 7.99. The van der Waals surface area contributed by atoms with Crippen molar-refractivity contribution in [2.45, 2.75) is 251 Å². The molecule has 0 aliphatic carbocycles. The smallest absolute Gasteiger partial charge is 0.303 e. The molecule has 0 saturated carbocycles. The van der Waals surface area contributed by atoms with Gasteiger partial charge in [0.25, 0.3) is 0 Å². The van der Waals surface area contributed by atoms with E-state index in [-0.39, 0.29) is 41.7 Å². The van der Waals surface area contributed by atoms with Crippen LogP contribution in [0.5, 0.6) is 0 Å². The van der Waals surface area contributed by atoms with Crippen LogP contribution in [0.1, 0.15) is 216 Å². The molecule has 27 heteroatoms. The number of thioether (sulfide) groups is 1. The molecule has 3 fully saturated rings. The highest BCUT2D eigenvalue weighted by Crippen LogP contribution is 2.45. The van der Waals surface area contributed by atoms with Gasteiger partial charge in [-0.25, -0.2) is 16.8 Å². The standard InChI is InChI=1S/C33H48N2O8S.C30H38O8S.C30H38O6S/c1-21-10-15-24(30-28(38)27(37)29(39)31(43-30)44(6,41)42)19-25(21)18-23-13-11-22(12-14-23)8-7-9-26(36)20-33(2,3)32(40)34-16-17-35(4)5;1-18-10-15-25(17-26(18)16-24-13-11-23(12-14-24)9-7-8-19(2)31)27-20(3)28(36-21(4)32)29(37-22(5)33)30(38-27)39(6,34)35;1-18-10-15-25(17-26(18)16-24-13-11-23(12-14-24)9-7-8-19(2)31)27-20(3)28(34-21(4)32)29(35-22(5)33)30(36-27)37-6/h10-15,19,27-31,37-39H,7-9,16-18,20H2,1-6H3,(H,34,40);10-15,17,20,27-30H,7-9,16H2,1-6H3;10-15,17,20,27-30H,7-9,16H2,1-6H3/t27-,28-,29+,30+,31-;2*20-,27+,28+,29-,30+/m100/s1. The third kappa shape index (κ3) is 29.4. The molecule has 0 radical (unpaired) electrons. The predicted octanol–water partition coefficient (Wildman–Crippen LogP) is 12.3. The number of ether oxygens (including phenoxy) is 7. The first-order chi connectivity index (χ1) is 56.3. The van der Waals surface area contributed by atoms with E-state index < -0.39 is 126 Å². The average Bonchev–Trinajstić information content (AvgIpc) is 0.773. The number of nitrogens with one attached hydrogen (secondary N) is 1. The second-order valence-electron chi connectivity index (χ2n) is 33.3. The Labute approximate surface area is 713 Å². The summed E-state index contributed by atoms with van der Waals surface area (Å²) in [6.45, 7) is 23.1. The third-order valence-corrected chi connectivity index (χ3v) is 25.3. The summed E-state index contributed by atoms with van der Waals surface area (Å²) < 4.78 is 89.9. The number of hydrogen-bond donors (Lipinski definition) is 4. The molecule has 0 unspecified atom stereocenters. The van der Waals surface area contributed by atoms with E-state index in [1.54, 1.807) is 40.7 Å². The van der Waals surface area contributed by atoms with Crippen molar-refractivity contribution in [2.24, 2.45) is 17.3 Å². The number of aryl methyl sites for hydroxylation is 6. The first-order valence-electron chi connectivity index (χ1n) is 40.9. The zero-order valence-electron chi connectivity index (χ0n) is 72.7. The van der Waals surface area contributed by atoms with Crippen molar-refractivity contribution in [3.63, 3.8) is 0 Å². The molecule has 3 aliphatic heterocycles. The first-order valence-corrected chi connectivity index (χ1v) is 46.1. The molecule has 120 heavy (non-hydrogen) atoms. The van der Waals surface area contributed by atoms with Crippen LogP contribution >= 0.6 is 11.8 Å². The molecule has 6 aromatic rings. The number of nitrogens with zero attached hydrogens (tertiary/aromatic N) is 1. The van der Waals surface area contributed by atoms with Crippen LogP contribution in [0.2, 0.25) is 0 Å². The number of sulfone groups is 2. The van der Waals surface area contributed by atoms with E-state index in [0.717, 1.165) is 108 Å². The monoisotopic (exact) mass is 1720 g/mol. The molecule has 0 bridgehead atoms. The first kappa shape index (κ1) is 98.8. The molecule has 0 aromatic heterocycles. The number of carbonyl (C=O) groups is 8. The Balaban J connectivity index is 0.000000249. The quantitative estimate of drug-likeness (QED) is 0.0215. The zero-order valence-corrected chi connectivity index (χ0v) is 75.1. The van der Waals surface area contributed by atoms with E-state index in [2.05, 4.69) is 79.0 Å². The van der Waals surface area contributed by atoms with Gasteiger partial charge in [-0.05, 0) is 196 Å². The largest absolute Gasteiger partial charge is 0.458 e. The van der Waals surface area contributed by atoms with Crippen LogP contribution < -0.4 is 5.32 Å². The fourth-order valence-electron chi connectivity index (χ4n) is 15.3. The summed E-state index contributed by atoms with van der Waals surface area (Å²) in [6, 6.07) is 42.6. The highest BCUT2D eigenvalue weighted by Gasteiger charge is 2.53. The average molecular weight is 1720 g/mol. The summed E-state index contributed by atoms with van der Waals surface area (Å²) in [4.78, 5) is 96.9. The number of amides is 1. The minimum absolute atomic E-state index is 0.0710. The molecule has 4 N–H and O–H groups in total. The molecular formula is C93H124N2O22S3. The normalized spacial score (nSPS) is 23.0. The lowest BCUT2D eigenvalue weighted by atomic mass is 9.85. The van der Waals surface area contributed by atoms with Gasteiger partial charge in [0.15, 0.2) is 42.8 Å². The summed E-state index contributed by atoms with van der Waals surface area (Å²) in [6.07, 6.45) is 1.85. The fourth-order valence-corrected chi connectivity index (χ4v) is 18.0. The number of benzene rings is 6.